The van der Waals surface area contributed by atoms with E-state index in [1.165, 1.54) is 0 Å². The smallest absolute Gasteiger partial charge is 0.294 e. The summed E-state index contributed by atoms with van der Waals surface area (Å²) in [4.78, 5) is 21.1. The van der Waals surface area contributed by atoms with Crippen LogP contribution in [0.2, 0.25) is 0 Å². The molecule has 30 heavy (non-hydrogen) atoms. The van der Waals surface area contributed by atoms with Crippen LogP contribution in [0.4, 0.5) is 0 Å². The molecule has 0 aliphatic carbocycles. The third kappa shape index (κ3) is 3.33. The van der Waals surface area contributed by atoms with Crippen LogP contribution in [-0.4, -0.2) is 41.9 Å². The molecular formula is C22H22N6OS. The van der Waals surface area contributed by atoms with Crippen molar-refractivity contribution in [1.82, 2.24) is 29.4 Å². The zero-order valence-electron chi connectivity index (χ0n) is 16.7. The number of aryl methyl sites for hydroxylation is 1. The van der Waals surface area contributed by atoms with Gasteiger partial charge in [0.15, 0.2) is 5.82 Å². The summed E-state index contributed by atoms with van der Waals surface area (Å²) in [6.45, 7) is 0.697. The number of likely N-dealkylation sites (tertiary alicyclic amines) is 1. The number of para-hydroxylation sites is 1. The van der Waals surface area contributed by atoms with Gasteiger partial charge in [0.1, 0.15) is 0 Å². The molecule has 1 aliphatic heterocycles. The molecule has 0 bridgehead atoms. The first-order chi connectivity index (χ1) is 14.7. The van der Waals surface area contributed by atoms with Gasteiger partial charge in [-0.15, -0.1) is 16.4 Å². The summed E-state index contributed by atoms with van der Waals surface area (Å²) in [6.07, 6.45) is 4.77. The quantitative estimate of drug-likeness (QED) is 0.500. The van der Waals surface area contributed by atoms with Crippen molar-refractivity contribution >= 4 is 17.2 Å². The molecule has 0 saturated carbocycles. The van der Waals surface area contributed by atoms with Gasteiger partial charge < -0.3 is 4.90 Å². The Balaban J connectivity index is 1.55. The maximum absolute atomic E-state index is 13.5. The van der Waals surface area contributed by atoms with Gasteiger partial charge in [0.2, 0.25) is 5.82 Å². The second-order valence-electron chi connectivity index (χ2n) is 7.37. The van der Waals surface area contributed by atoms with Crippen LogP contribution < -0.4 is 0 Å². The predicted molar refractivity (Wildman–Crippen MR) is 116 cm³/mol. The van der Waals surface area contributed by atoms with E-state index in [-0.39, 0.29) is 17.8 Å². The minimum absolute atomic E-state index is 0.00684. The van der Waals surface area contributed by atoms with Gasteiger partial charge in [-0.1, -0.05) is 24.3 Å². The molecule has 1 aromatic carbocycles. The molecule has 1 atom stereocenters. The lowest BCUT2D eigenvalue weighted by atomic mass is 9.99. The molecule has 3 aromatic heterocycles. The predicted octanol–water partition coefficient (Wildman–Crippen LogP) is 4.10. The number of benzene rings is 1. The van der Waals surface area contributed by atoms with Crippen LogP contribution in [0, 0.1) is 0 Å². The number of rotatable bonds is 4. The number of carbonyl (C=O) groups excluding carboxylic acids is 1. The average Bonchev–Trinajstić information content (AvgIpc) is 3.54. The summed E-state index contributed by atoms with van der Waals surface area (Å²) in [5.41, 5.74) is 1.93. The molecule has 1 fully saturated rings. The van der Waals surface area contributed by atoms with Gasteiger partial charge in [-0.05, 0) is 48.9 Å². The molecule has 1 amide bonds. The molecule has 0 N–H and O–H groups in total. The monoisotopic (exact) mass is 418 g/mol. The van der Waals surface area contributed by atoms with Crippen LogP contribution in [0.5, 0.6) is 0 Å². The lowest BCUT2D eigenvalue weighted by molar-refractivity contribution is 0.0588. The highest BCUT2D eigenvalue weighted by Gasteiger charge is 2.33. The van der Waals surface area contributed by atoms with Crippen molar-refractivity contribution < 1.29 is 4.79 Å². The molecule has 7 nitrogen and oxygen atoms in total. The van der Waals surface area contributed by atoms with Crippen molar-refractivity contribution in [2.45, 2.75) is 25.3 Å². The SMILES string of the molecule is Cn1nccc1[C@@H]1CCCCN1C(=O)c1nc(-c2cccs2)n(-c2ccccc2)n1. The van der Waals surface area contributed by atoms with Crippen LogP contribution >= 0.6 is 11.3 Å². The number of amides is 1. The highest BCUT2D eigenvalue weighted by atomic mass is 32.1. The summed E-state index contributed by atoms with van der Waals surface area (Å²) in [6, 6.07) is 15.8. The molecular weight excluding hydrogens is 396 g/mol. The van der Waals surface area contributed by atoms with Crippen molar-refractivity contribution in [2.24, 2.45) is 7.05 Å². The minimum atomic E-state index is -0.131. The Morgan fingerprint density at radius 1 is 1.10 bits per heavy atom. The highest BCUT2D eigenvalue weighted by molar-refractivity contribution is 7.13. The van der Waals surface area contributed by atoms with Crippen molar-refractivity contribution in [3.05, 3.63) is 71.6 Å². The van der Waals surface area contributed by atoms with E-state index in [1.54, 1.807) is 22.2 Å². The molecule has 1 saturated heterocycles. The average molecular weight is 419 g/mol. The maximum Gasteiger partial charge on any atom is 0.294 e. The Bertz CT molecular complexity index is 1150. The molecule has 152 valence electrons. The van der Waals surface area contributed by atoms with E-state index in [0.29, 0.717) is 12.4 Å². The van der Waals surface area contributed by atoms with Gasteiger partial charge in [-0.2, -0.15) is 5.10 Å². The van der Waals surface area contributed by atoms with Crippen LogP contribution in [0.1, 0.15) is 41.6 Å². The third-order valence-electron chi connectivity index (χ3n) is 5.50. The third-order valence-corrected chi connectivity index (χ3v) is 6.37. The van der Waals surface area contributed by atoms with Gasteiger partial charge in [0.25, 0.3) is 5.91 Å². The number of aromatic nitrogens is 5. The number of nitrogens with zero attached hydrogens (tertiary/aromatic N) is 6. The normalized spacial score (nSPS) is 16.7. The van der Waals surface area contributed by atoms with E-state index in [9.17, 15) is 4.79 Å². The summed E-state index contributed by atoms with van der Waals surface area (Å²) < 4.78 is 3.62. The van der Waals surface area contributed by atoms with Crippen molar-refractivity contribution in [3.63, 3.8) is 0 Å². The molecule has 5 rings (SSSR count). The lowest BCUT2D eigenvalue weighted by Crippen LogP contribution is -2.39. The molecule has 8 heteroatoms. The first-order valence-corrected chi connectivity index (χ1v) is 11.0. The second-order valence-corrected chi connectivity index (χ2v) is 8.32. The van der Waals surface area contributed by atoms with Crippen molar-refractivity contribution in [3.8, 4) is 16.4 Å². The van der Waals surface area contributed by atoms with Crippen LogP contribution in [-0.2, 0) is 7.05 Å². The Morgan fingerprint density at radius 2 is 1.97 bits per heavy atom. The molecule has 0 unspecified atom stereocenters. The number of carbonyl (C=O) groups is 1. The van der Waals surface area contributed by atoms with Crippen LogP contribution in [0.15, 0.2) is 60.1 Å². The van der Waals surface area contributed by atoms with Crippen molar-refractivity contribution in [2.75, 3.05) is 6.54 Å². The summed E-state index contributed by atoms with van der Waals surface area (Å²) >= 11 is 1.59. The zero-order valence-corrected chi connectivity index (χ0v) is 17.5. The Labute approximate surface area is 178 Å². The Morgan fingerprint density at radius 3 is 2.70 bits per heavy atom. The fourth-order valence-electron chi connectivity index (χ4n) is 4.04. The fourth-order valence-corrected chi connectivity index (χ4v) is 4.74. The molecule has 0 radical (unpaired) electrons. The Kier molecular flexibility index (Phi) is 4.92. The summed E-state index contributed by atoms with van der Waals surface area (Å²) in [7, 11) is 1.92. The minimum Gasteiger partial charge on any atom is -0.327 e. The van der Waals surface area contributed by atoms with Gasteiger partial charge in [-0.25, -0.2) is 9.67 Å². The number of thiophene rings is 1. The topological polar surface area (TPSA) is 68.8 Å². The first kappa shape index (κ1) is 18.7. The highest BCUT2D eigenvalue weighted by Crippen LogP contribution is 2.32. The second kappa shape index (κ2) is 7.87. The van der Waals surface area contributed by atoms with Gasteiger partial charge >= 0.3 is 0 Å². The summed E-state index contributed by atoms with van der Waals surface area (Å²) in [5, 5.41) is 10.9. The van der Waals surface area contributed by atoms with E-state index < -0.39 is 0 Å². The van der Waals surface area contributed by atoms with E-state index in [4.69, 9.17) is 4.98 Å². The Hall–Kier alpha value is -3.26. The first-order valence-electron chi connectivity index (χ1n) is 10.1. The van der Waals surface area contributed by atoms with Crippen LogP contribution in [0.25, 0.3) is 16.4 Å². The van der Waals surface area contributed by atoms with E-state index in [0.717, 1.165) is 35.5 Å². The molecule has 4 heterocycles. The lowest BCUT2D eigenvalue weighted by Gasteiger charge is -2.35. The standard InChI is InChI=1S/C22H22N6OS/c1-26-17(12-13-23-26)18-10-5-6-14-27(18)22(29)20-24-21(19-11-7-15-30-19)28(25-20)16-8-3-2-4-9-16/h2-4,7-9,11-13,15,18H,5-6,10,14H2,1H3/t18-/m0/s1. The van der Waals surface area contributed by atoms with E-state index in [2.05, 4.69) is 10.2 Å². The zero-order chi connectivity index (χ0) is 20.5. The van der Waals surface area contributed by atoms with Crippen molar-refractivity contribution in [1.29, 1.82) is 0 Å². The largest absolute Gasteiger partial charge is 0.327 e. The maximum atomic E-state index is 13.5. The molecule has 0 spiro atoms. The molecule has 1 aliphatic rings. The summed E-state index contributed by atoms with van der Waals surface area (Å²) in [5.74, 6) is 0.790. The fraction of sp³-hybridized carbons (Fsp3) is 0.273. The van der Waals surface area contributed by atoms with Gasteiger partial charge in [0.05, 0.1) is 22.3 Å². The van der Waals surface area contributed by atoms with Crippen LogP contribution in [0.3, 0.4) is 0 Å². The number of piperidine rings is 1. The molecule has 4 aromatic rings. The number of hydrogen-bond donors (Lipinski definition) is 0. The van der Waals surface area contributed by atoms with E-state index >= 15 is 0 Å². The van der Waals surface area contributed by atoms with Gasteiger partial charge in [0, 0.05) is 19.8 Å². The van der Waals surface area contributed by atoms with E-state index in [1.807, 2.05) is 70.5 Å². The van der Waals surface area contributed by atoms with Gasteiger partial charge in [-0.3, -0.25) is 9.48 Å². The number of hydrogen-bond acceptors (Lipinski definition) is 5.